The summed E-state index contributed by atoms with van der Waals surface area (Å²) in [4.78, 5) is 4.10. The standard InChI is InChI=1S/C18H16ClN3O3S/c1-12-8-9-20-11-16(12)13-2-4-14(5-3-13)22-26(24,25)15-6-7-17(19)18(10-15)21-23/h2-11,21-23H,1H3. The molecule has 134 valence electrons. The van der Waals surface area contributed by atoms with E-state index in [9.17, 15) is 8.42 Å². The molecule has 8 heteroatoms. The molecule has 0 bridgehead atoms. The van der Waals surface area contributed by atoms with Crippen molar-refractivity contribution < 1.29 is 13.6 Å². The van der Waals surface area contributed by atoms with E-state index < -0.39 is 10.0 Å². The highest BCUT2D eigenvalue weighted by Gasteiger charge is 2.16. The zero-order valence-corrected chi connectivity index (χ0v) is 15.3. The third kappa shape index (κ3) is 3.80. The number of nitrogens with zero attached hydrogens (tertiary/aromatic N) is 1. The summed E-state index contributed by atoms with van der Waals surface area (Å²) in [6.45, 7) is 1.99. The van der Waals surface area contributed by atoms with Gasteiger partial charge in [0.2, 0.25) is 0 Å². The molecule has 0 aliphatic rings. The molecule has 2 aromatic carbocycles. The fraction of sp³-hybridized carbons (Fsp3) is 0.0556. The van der Waals surface area contributed by atoms with Crippen molar-refractivity contribution in [2.45, 2.75) is 11.8 Å². The third-order valence-corrected chi connectivity index (χ3v) is 5.56. The van der Waals surface area contributed by atoms with Crippen molar-refractivity contribution in [2.24, 2.45) is 0 Å². The first-order valence-corrected chi connectivity index (χ1v) is 9.50. The highest BCUT2D eigenvalue weighted by Crippen LogP contribution is 2.27. The summed E-state index contributed by atoms with van der Waals surface area (Å²) in [5.74, 6) is 0. The number of sulfonamides is 1. The van der Waals surface area contributed by atoms with Gasteiger partial charge in [-0.15, -0.1) is 0 Å². The zero-order valence-electron chi connectivity index (χ0n) is 13.8. The van der Waals surface area contributed by atoms with Crippen molar-refractivity contribution in [1.82, 2.24) is 4.98 Å². The second kappa shape index (κ2) is 7.33. The molecule has 0 spiro atoms. The first kappa shape index (κ1) is 18.2. The Morgan fingerprint density at radius 2 is 1.81 bits per heavy atom. The molecular formula is C18H16ClN3O3S. The Labute approximate surface area is 156 Å². The highest BCUT2D eigenvalue weighted by molar-refractivity contribution is 7.92. The Hall–Kier alpha value is -2.61. The zero-order chi connectivity index (χ0) is 18.7. The van der Waals surface area contributed by atoms with E-state index in [-0.39, 0.29) is 15.6 Å². The van der Waals surface area contributed by atoms with E-state index in [2.05, 4.69) is 9.71 Å². The summed E-state index contributed by atoms with van der Waals surface area (Å²) in [5.41, 5.74) is 5.41. The molecule has 6 nitrogen and oxygen atoms in total. The van der Waals surface area contributed by atoms with Gasteiger partial charge in [-0.05, 0) is 54.4 Å². The average Bonchev–Trinajstić information content (AvgIpc) is 2.63. The van der Waals surface area contributed by atoms with Gasteiger partial charge < -0.3 is 0 Å². The van der Waals surface area contributed by atoms with Gasteiger partial charge in [0.15, 0.2) is 0 Å². The summed E-state index contributed by atoms with van der Waals surface area (Å²) in [6.07, 6.45) is 3.49. The number of anilines is 2. The van der Waals surface area contributed by atoms with Crippen molar-refractivity contribution in [1.29, 1.82) is 0 Å². The van der Waals surface area contributed by atoms with Crippen molar-refractivity contribution in [2.75, 3.05) is 10.2 Å². The Morgan fingerprint density at radius 3 is 2.46 bits per heavy atom. The van der Waals surface area contributed by atoms with E-state index in [0.29, 0.717) is 5.69 Å². The monoisotopic (exact) mass is 389 g/mol. The van der Waals surface area contributed by atoms with Gasteiger partial charge in [-0.25, -0.2) is 8.42 Å². The molecule has 0 amide bonds. The van der Waals surface area contributed by atoms with Crippen LogP contribution in [0.5, 0.6) is 0 Å². The third-order valence-electron chi connectivity index (χ3n) is 3.86. The minimum Gasteiger partial charge on any atom is -0.291 e. The second-order valence-electron chi connectivity index (χ2n) is 5.63. The highest BCUT2D eigenvalue weighted by atomic mass is 35.5. The predicted octanol–water partition coefficient (Wildman–Crippen LogP) is 4.31. The number of nitrogens with one attached hydrogen (secondary N) is 2. The minimum atomic E-state index is -3.82. The lowest BCUT2D eigenvalue weighted by atomic mass is 10.0. The quantitative estimate of drug-likeness (QED) is 0.565. The number of pyridine rings is 1. The molecule has 0 atom stereocenters. The second-order valence-corrected chi connectivity index (χ2v) is 7.72. The normalized spacial score (nSPS) is 11.2. The fourth-order valence-electron chi connectivity index (χ4n) is 2.46. The van der Waals surface area contributed by atoms with Gasteiger partial charge in [-0.3, -0.25) is 20.4 Å². The maximum Gasteiger partial charge on any atom is 0.261 e. The molecule has 0 saturated carbocycles. The molecule has 0 saturated heterocycles. The van der Waals surface area contributed by atoms with Gasteiger partial charge in [0, 0.05) is 23.6 Å². The van der Waals surface area contributed by atoms with Crippen LogP contribution in [0, 0.1) is 6.92 Å². The Morgan fingerprint density at radius 1 is 1.08 bits per heavy atom. The lowest BCUT2D eigenvalue weighted by molar-refractivity contribution is 0.389. The molecule has 0 fully saturated rings. The van der Waals surface area contributed by atoms with Crippen LogP contribution in [0.4, 0.5) is 11.4 Å². The molecule has 0 aliphatic heterocycles. The molecule has 3 rings (SSSR count). The first-order chi connectivity index (χ1) is 12.4. The Kier molecular flexibility index (Phi) is 5.13. The lowest BCUT2D eigenvalue weighted by Crippen LogP contribution is -2.13. The summed E-state index contributed by atoms with van der Waals surface area (Å²) in [5, 5.41) is 9.22. The number of halogens is 1. The predicted molar refractivity (Wildman–Crippen MR) is 102 cm³/mol. The summed E-state index contributed by atoms with van der Waals surface area (Å²) in [7, 11) is -3.82. The SMILES string of the molecule is Cc1ccncc1-c1ccc(NS(=O)(=O)c2ccc(Cl)c(NO)c2)cc1. The minimum absolute atomic E-state index is 0.0226. The Balaban J connectivity index is 1.85. The number of aromatic nitrogens is 1. The van der Waals surface area contributed by atoms with Crippen LogP contribution >= 0.6 is 11.6 Å². The Bertz CT molecular complexity index is 1040. The lowest BCUT2D eigenvalue weighted by Gasteiger charge is -2.11. The van der Waals surface area contributed by atoms with E-state index in [4.69, 9.17) is 16.8 Å². The van der Waals surface area contributed by atoms with E-state index >= 15 is 0 Å². The van der Waals surface area contributed by atoms with Crippen LogP contribution in [0.2, 0.25) is 5.02 Å². The largest absolute Gasteiger partial charge is 0.291 e. The number of benzene rings is 2. The molecule has 0 unspecified atom stereocenters. The van der Waals surface area contributed by atoms with Crippen molar-refractivity contribution in [3.05, 3.63) is 71.5 Å². The van der Waals surface area contributed by atoms with Gasteiger partial charge in [-0.1, -0.05) is 23.7 Å². The smallest absolute Gasteiger partial charge is 0.261 e. The molecule has 26 heavy (non-hydrogen) atoms. The van der Waals surface area contributed by atoms with Crippen LogP contribution in [-0.2, 0) is 10.0 Å². The first-order valence-electron chi connectivity index (χ1n) is 7.64. The van der Waals surface area contributed by atoms with Gasteiger partial charge in [-0.2, -0.15) is 0 Å². The average molecular weight is 390 g/mol. The molecule has 3 aromatic rings. The van der Waals surface area contributed by atoms with E-state index in [1.54, 1.807) is 24.5 Å². The number of hydrogen-bond acceptors (Lipinski definition) is 5. The summed E-state index contributed by atoms with van der Waals surface area (Å²) >= 11 is 5.85. The van der Waals surface area contributed by atoms with E-state index in [0.717, 1.165) is 16.7 Å². The summed E-state index contributed by atoms with van der Waals surface area (Å²) in [6, 6.07) is 12.9. The van der Waals surface area contributed by atoms with Crippen LogP contribution in [0.3, 0.4) is 0 Å². The van der Waals surface area contributed by atoms with Crippen molar-refractivity contribution >= 4 is 33.0 Å². The van der Waals surface area contributed by atoms with Crippen LogP contribution in [0.15, 0.2) is 65.8 Å². The van der Waals surface area contributed by atoms with Crippen LogP contribution < -0.4 is 10.2 Å². The van der Waals surface area contributed by atoms with Crippen molar-refractivity contribution in [3.63, 3.8) is 0 Å². The topological polar surface area (TPSA) is 91.3 Å². The molecular weight excluding hydrogens is 374 g/mol. The molecule has 1 aromatic heterocycles. The van der Waals surface area contributed by atoms with Gasteiger partial charge >= 0.3 is 0 Å². The number of aryl methyl sites for hydroxylation is 1. The fourth-order valence-corrected chi connectivity index (χ4v) is 3.70. The molecule has 0 aliphatic carbocycles. The molecule has 3 N–H and O–H groups in total. The maximum atomic E-state index is 12.5. The molecule has 1 heterocycles. The van der Waals surface area contributed by atoms with Gasteiger partial charge in [0.1, 0.15) is 0 Å². The number of hydrogen-bond donors (Lipinski definition) is 3. The number of rotatable bonds is 5. The maximum absolute atomic E-state index is 12.5. The van der Waals surface area contributed by atoms with Crippen LogP contribution in [0.1, 0.15) is 5.56 Å². The van der Waals surface area contributed by atoms with Gasteiger partial charge in [0.25, 0.3) is 10.0 Å². The van der Waals surface area contributed by atoms with Crippen LogP contribution in [0.25, 0.3) is 11.1 Å². The van der Waals surface area contributed by atoms with E-state index in [1.165, 1.54) is 18.2 Å². The van der Waals surface area contributed by atoms with E-state index in [1.807, 2.05) is 30.6 Å². The molecule has 0 radical (unpaired) electrons. The van der Waals surface area contributed by atoms with Crippen molar-refractivity contribution in [3.8, 4) is 11.1 Å². The van der Waals surface area contributed by atoms with Gasteiger partial charge in [0.05, 0.1) is 15.6 Å². The van der Waals surface area contributed by atoms with Crippen LogP contribution in [-0.4, -0.2) is 18.6 Å². The summed E-state index contributed by atoms with van der Waals surface area (Å²) < 4.78 is 27.5.